The fourth-order valence-electron chi connectivity index (χ4n) is 4.27. The maximum Gasteiger partial charge on any atom is 0.275 e. The van der Waals surface area contributed by atoms with Crippen LogP contribution in [0.5, 0.6) is 0 Å². The summed E-state index contributed by atoms with van der Waals surface area (Å²) in [6.07, 6.45) is 2.59. The first-order valence-corrected chi connectivity index (χ1v) is 11.9. The number of hydrogen-bond donors (Lipinski definition) is 1. The highest BCUT2D eigenvalue weighted by Gasteiger charge is 2.28. The fourth-order valence-corrected chi connectivity index (χ4v) is 5.05. The zero-order valence-corrected chi connectivity index (χ0v) is 19.5. The van der Waals surface area contributed by atoms with Gasteiger partial charge in [-0.2, -0.15) is 0 Å². The highest BCUT2D eigenvalue weighted by molar-refractivity contribution is 7.10. The molecule has 3 unspecified atom stereocenters. The predicted octanol–water partition coefficient (Wildman–Crippen LogP) is 4.94. The van der Waals surface area contributed by atoms with Gasteiger partial charge in [-0.3, -0.25) is 9.59 Å². The average molecular weight is 452 g/mol. The summed E-state index contributed by atoms with van der Waals surface area (Å²) in [4.78, 5) is 32.6. The second-order valence-electron chi connectivity index (χ2n) is 8.85. The summed E-state index contributed by atoms with van der Waals surface area (Å²) < 4.78 is 5.60. The molecule has 3 atom stereocenters. The second kappa shape index (κ2) is 9.69. The van der Waals surface area contributed by atoms with Gasteiger partial charge in [0.1, 0.15) is 6.26 Å². The lowest BCUT2D eigenvalue weighted by Crippen LogP contribution is -2.42. The van der Waals surface area contributed by atoms with Crippen molar-refractivity contribution in [3.63, 3.8) is 0 Å². The van der Waals surface area contributed by atoms with E-state index < -0.39 is 0 Å². The molecule has 1 aliphatic heterocycles. The van der Waals surface area contributed by atoms with Crippen LogP contribution in [0, 0.1) is 11.8 Å². The van der Waals surface area contributed by atoms with Gasteiger partial charge in [0.15, 0.2) is 5.69 Å². The van der Waals surface area contributed by atoms with Gasteiger partial charge in [0, 0.05) is 30.1 Å². The molecule has 7 heteroatoms. The zero-order chi connectivity index (χ0) is 22.7. The van der Waals surface area contributed by atoms with Crippen LogP contribution in [-0.2, 0) is 11.3 Å². The number of thiophene rings is 1. The summed E-state index contributed by atoms with van der Waals surface area (Å²) in [5.74, 6) is 1.19. The first-order chi connectivity index (χ1) is 15.4. The molecule has 0 aliphatic carbocycles. The third-order valence-corrected chi connectivity index (χ3v) is 6.97. The van der Waals surface area contributed by atoms with Crippen LogP contribution in [0.3, 0.4) is 0 Å². The summed E-state index contributed by atoms with van der Waals surface area (Å²) in [6.45, 7) is 8.24. The molecule has 2 aromatic heterocycles. The van der Waals surface area contributed by atoms with E-state index in [0.29, 0.717) is 30.0 Å². The number of aromatic nitrogens is 1. The van der Waals surface area contributed by atoms with Gasteiger partial charge < -0.3 is 14.6 Å². The minimum Gasteiger partial charge on any atom is -0.444 e. The van der Waals surface area contributed by atoms with Crippen molar-refractivity contribution in [1.82, 2.24) is 15.2 Å². The van der Waals surface area contributed by atoms with Crippen molar-refractivity contribution in [3.05, 3.63) is 64.2 Å². The number of nitrogens with one attached hydrogen (secondary N) is 1. The quantitative estimate of drug-likeness (QED) is 0.576. The van der Waals surface area contributed by atoms with Gasteiger partial charge in [-0.15, -0.1) is 11.3 Å². The van der Waals surface area contributed by atoms with Crippen LogP contribution in [0.1, 0.15) is 54.0 Å². The van der Waals surface area contributed by atoms with Gasteiger partial charge in [0.25, 0.3) is 5.91 Å². The molecule has 0 radical (unpaired) electrons. The number of hydrogen-bond acceptors (Lipinski definition) is 5. The zero-order valence-electron chi connectivity index (χ0n) is 18.7. The van der Waals surface area contributed by atoms with Gasteiger partial charge >= 0.3 is 0 Å². The van der Waals surface area contributed by atoms with Crippen LogP contribution in [0.15, 0.2) is 52.5 Å². The van der Waals surface area contributed by atoms with Crippen LogP contribution in [0.4, 0.5) is 0 Å². The predicted molar refractivity (Wildman–Crippen MR) is 125 cm³/mol. The summed E-state index contributed by atoms with van der Waals surface area (Å²) >= 11 is 1.59. The molecule has 168 valence electrons. The molecule has 3 heterocycles. The molecule has 1 fully saturated rings. The summed E-state index contributed by atoms with van der Waals surface area (Å²) in [6, 6.07) is 11.6. The van der Waals surface area contributed by atoms with E-state index in [4.69, 9.17) is 4.42 Å². The third kappa shape index (κ3) is 5.10. The highest BCUT2D eigenvalue weighted by Crippen LogP contribution is 2.25. The molecular weight excluding hydrogens is 422 g/mol. The standard InChI is InChI=1S/C25H29N3O3S/c1-16-11-17(2)14-28(13-16)25(30)21-15-31-24(27-21)20-8-6-19(7-9-20)12-26-23(29)18(3)22-5-4-10-32-22/h4-10,15-18H,11-14H2,1-3H3,(H,26,29). The SMILES string of the molecule is CC1CC(C)CN(C(=O)c2coc(-c3ccc(CNC(=O)C(C)c4cccs4)cc3)n2)C1. The Hall–Kier alpha value is -2.93. The molecule has 32 heavy (non-hydrogen) atoms. The molecule has 1 N–H and O–H groups in total. The van der Waals surface area contributed by atoms with Crippen molar-refractivity contribution in [2.45, 2.75) is 39.7 Å². The lowest BCUT2D eigenvalue weighted by Gasteiger charge is -2.34. The highest BCUT2D eigenvalue weighted by atomic mass is 32.1. The van der Waals surface area contributed by atoms with Gasteiger partial charge in [-0.25, -0.2) is 4.98 Å². The lowest BCUT2D eigenvalue weighted by molar-refractivity contribution is -0.122. The Morgan fingerprint density at radius 1 is 1.19 bits per heavy atom. The van der Waals surface area contributed by atoms with Crippen LogP contribution in [0.25, 0.3) is 11.5 Å². The van der Waals surface area contributed by atoms with E-state index in [1.54, 1.807) is 11.3 Å². The van der Waals surface area contributed by atoms with E-state index in [9.17, 15) is 9.59 Å². The molecule has 2 amide bonds. The molecule has 1 aliphatic rings. The Morgan fingerprint density at radius 3 is 2.56 bits per heavy atom. The lowest BCUT2D eigenvalue weighted by atomic mass is 9.92. The summed E-state index contributed by atoms with van der Waals surface area (Å²) in [5, 5.41) is 4.97. The van der Waals surface area contributed by atoms with Crippen molar-refractivity contribution in [3.8, 4) is 11.5 Å². The van der Waals surface area contributed by atoms with Crippen molar-refractivity contribution in [2.75, 3.05) is 13.1 Å². The van der Waals surface area contributed by atoms with Crippen LogP contribution in [0.2, 0.25) is 0 Å². The molecular formula is C25H29N3O3S. The molecule has 4 rings (SSSR count). The number of rotatable bonds is 6. The van der Waals surface area contributed by atoms with Crippen molar-refractivity contribution < 1.29 is 14.0 Å². The number of likely N-dealkylation sites (tertiary alicyclic amines) is 1. The Balaban J connectivity index is 1.36. The normalized spacial score (nSPS) is 19.5. The number of carbonyl (C=O) groups excluding carboxylic acids is 2. The first kappa shape index (κ1) is 22.3. The molecule has 1 saturated heterocycles. The number of oxazole rings is 1. The van der Waals surface area contributed by atoms with E-state index in [0.717, 1.165) is 35.5 Å². The van der Waals surface area contributed by atoms with Gasteiger partial charge in [0.2, 0.25) is 11.8 Å². The van der Waals surface area contributed by atoms with Gasteiger partial charge in [-0.05, 0) is 54.3 Å². The first-order valence-electron chi connectivity index (χ1n) is 11.1. The molecule has 0 spiro atoms. The molecule has 0 bridgehead atoms. The Labute approximate surface area is 192 Å². The van der Waals surface area contributed by atoms with Crippen molar-refractivity contribution in [2.24, 2.45) is 11.8 Å². The minimum atomic E-state index is -0.163. The van der Waals surface area contributed by atoms with Crippen molar-refractivity contribution >= 4 is 23.2 Å². The van der Waals surface area contributed by atoms with Gasteiger partial charge in [-0.1, -0.05) is 32.0 Å². The van der Waals surface area contributed by atoms with E-state index in [1.807, 2.05) is 53.6 Å². The van der Waals surface area contributed by atoms with Crippen molar-refractivity contribution in [1.29, 1.82) is 0 Å². The molecule has 6 nitrogen and oxygen atoms in total. The Bertz CT molecular complexity index is 1050. The molecule has 0 saturated carbocycles. The van der Waals surface area contributed by atoms with Crippen LogP contribution in [-0.4, -0.2) is 34.8 Å². The van der Waals surface area contributed by atoms with E-state index in [1.165, 1.54) is 6.26 Å². The van der Waals surface area contributed by atoms with E-state index in [2.05, 4.69) is 24.1 Å². The number of benzene rings is 1. The van der Waals surface area contributed by atoms with E-state index >= 15 is 0 Å². The monoisotopic (exact) mass is 451 g/mol. The Kier molecular flexibility index (Phi) is 6.74. The van der Waals surface area contributed by atoms with Crippen LogP contribution < -0.4 is 5.32 Å². The summed E-state index contributed by atoms with van der Waals surface area (Å²) in [5.41, 5.74) is 2.13. The van der Waals surface area contributed by atoms with Gasteiger partial charge in [0.05, 0.1) is 5.92 Å². The average Bonchev–Trinajstić information content (AvgIpc) is 3.48. The topological polar surface area (TPSA) is 75.4 Å². The number of amides is 2. The number of piperidine rings is 1. The van der Waals surface area contributed by atoms with Crippen LogP contribution >= 0.6 is 11.3 Å². The number of nitrogens with zero attached hydrogens (tertiary/aromatic N) is 2. The minimum absolute atomic E-state index is 0.00808. The second-order valence-corrected chi connectivity index (χ2v) is 9.83. The maximum absolute atomic E-state index is 12.8. The van der Waals surface area contributed by atoms with E-state index in [-0.39, 0.29) is 17.7 Å². The smallest absolute Gasteiger partial charge is 0.275 e. The fraction of sp³-hybridized carbons (Fsp3) is 0.400. The molecule has 1 aromatic carbocycles. The molecule has 3 aromatic rings. The number of carbonyl (C=O) groups is 2. The largest absolute Gasteiger partial charge is 0.444 e. The third-order valence-electron chi connectivity index (χ3n) is 5.91. The maximum atomic E-state index is 12.8. The summed E-state index contributed by atoms with van der Waals surface area (Å²) in [7, 11) is 0. The Morgan fingerprint density at radius 2 is 1.91 bits per heavy atom.